The molecule has 0 unspecified atom stereocenters. The van der Waals surface area contributed by atoms with E-state index in [1.165, 1.54) is 18.2 Å². The Morgan fingerprint density at radius 1 is 1.44 bits per heavy atom. The molecule has 18 heavy (non-hydrogen) atoms. The van der Waals surface area contributed by atoms with Crippen LogP contribution < -0.4 is 10.1 Å². The number of nitro groups is 1. The van der Waals surface area contributed by atoms with Gasteiger partial charge in [-0.3, -0.25) is 10.1 Å². The molecule has 0 aromatic heterocycles. The third kappa shape index (κ3) is 3.79. The Labute approximate surface area is 101 Å². The van der Waals surface area contributed by atoms with E-state index in [4.69, 9.17) is 4.74 Å². The summed E-state index contributed by atoms with van der Waals surface area (Å²) in [4.78, 5) is 10.1. The van der Waals surface area contributed by atoms with Crippen molar-refractivity contribution in [1.29, 1.82) is 0 Å². The van der Waals surface area contributed by atoms with Crippen molar-refractivity contribution in [1.82, 2.24) is 0 Å². The summed E-state index contributed by atoms with van der Waals surface area (Å²) >= 11 is 0. The Bertz CT molecular complexity index is 435. The van der Waals surface area contributed by atoms with Gasteiger partial charge in [-0.15, -0.1) is 0 Å². The number of halogens is 3. The highest BCUT2D eigenvalue weighted by Crippen LogP contribution is 2.35. The van der Waals surface area contributed by atoms with Crippen LogP contribution in [0.15, 0.2) is 18.2 Å². The maximum atomic E-state index is 12.1. The molecule has 0 atom stereocenters. The third-order valence-corrected chi connectivity index (χ3v) is 1.96. The minimum Gasteiger partial charge on any atom is -0.487 e. The van der Waals surface area contributed by atoms with Crippen LogP contribution in [0.5, 0.6) is 5.75 Å². The molecule has 0 heterocycles. The summed E-state index contributed by atoms with van der Waals surface area (Å²) < 4.78 is 41.2. The molecule has 0 saturated heterocycles. The van der Waals surface area contributed by atoms with Gasteiger partial charge in [0.25, 0.3) is 0 Å². The Morgan fingerprint density at radius 3 is 2.61 bits per heavy atom. The summed E-state index contributed by atoms with van der Waals surface area (Å²) in [6, 6.07) is 3.92. The summed E-state index contributed by atoms with van der Waals surface area (Å²) in [5.41, 5.74) is -0.716. The predicted octanol–water partition coefficient (Wildman–Crippen LogP) is 2.97. The number of nitrogens with zero attached hydrogens (tertiary/aromatic N) is 1. The van der Waals surface area contributed by atoms with Gasteiger partial charge in [-0.1, -0.05) is 6.07 Å². The van der Waals surface area contributed by atoms with E-state index in [9.17, 15) is 23.3 Å². The van der Waals surface area contributed by atoms with Crippen LogP contribution in [0.3, 0.4) is 0 Å². The molecule has 0 spiro atoms. The molecule has 0 saturated carbocycles. The van der Waals surface area contributed by atoms with E-state index in [0.29, 0.717) is 0 Å². The van der Waals surface area contributed by atoms with Gasteiger partial charge in [0.15, 0.2) is 5.75 Å². The van der Waals surface area contributed by atoms with E-state index in [0.717, 1.165) is 0 Å². The second-order valence-electron chi connectivity index (χ2n) is 3.31. The van der Waals surface area contributed by atoms with Crippen molar-refractivity contribution in [3.63, 3.8) is 0 Å². The van der Waals surface area contributed by atoms with Crippen LogP contribution >= 0.6 is 0 Å². The van der Waals surface area contributed by atoms with Gasteiger partial charge in [0.2, 0.25) is 0 Å². The Morgan fingerprint density at radius 2 is 2.11 bits per heavy atom. The van der Waals surface area contributed by atoms with Crippen LogP contribution in [0.1, 0.15) is 6.92 Å². The van der Waals surface area contributed by atoms with Crippen molar-refractivity contribution in [2.45, 2.75) is 13.1 Å². The zero-order valence-electron chi connectivity index (χ0n) is 9.45. The van der Waals surface area contributed by atoms with Gasteiger partial charge in [-0.2, -0.15) is 13.2 Å². The fraction of sp³-hybridized carbons (Fsp3) is 0.400. The van der Waals surface area contributed by atoms with Crippen LogP contribution in [-0.4, -0.2) is 24.3 Å². The number of hydrogen-bond acceptors (Lipinski definition) is 4. The second-order valence-corrected chi connectivity index (χ2v) is 3.31. The summed E-state index contributed by atoms with van der Waals surface area (Å²) in [5.74, 6) is -0.0605. The molecule has 8 heteroatoms. The summed E-state index contributed by atoms with van der Waals surface area (Å²) in [6.07, 6.45) is -4.45. The lowest BCUT2D eigenvalue weighted by Gasteiger charge is -2.11. The molecule has 0 amide bonds. The number of nitro benzene ring substituents is 1. The predicted molar refractivity (Wildman–Crippen MR) is 58.8 cm³/mol. The number of nitrogens with one attached hydrogen (secondary N) is 1. The SMILES string of the molecule is CCOc1cccc(NCC(F)(F)F)c1[N+](=O)[O-]. The maximum absolute atomic E-state index is 12.1. The van der Waals surface area contributed by atoms with Crippen molar-refractivity contribution < 1.29 is 22.8 Å². The largest absolute Gasteiger partial charge is 0.487 e. The molecule has 1 aromatic rings. The molecule has 0 bridgehead atoms. The number of benzene rings is 1. The van der Waals surface area contributed by atoms with Gasteiger partial charge in [0, 0.05) is 0 Å². The highest BCUT2D eigenvalue weighted by molar-refractivity contribution is 5.68. The molecule has 5 nitrogen and oxygen atoms in total. The van der Waals surface area contributed by atoms with E-state index < -0.39 is 23.3 Å². The topological polar surface area (TPSA) is 64.4 Å². The number of hydrogen-bond donors (Lipinski definition) is 1. The smallest absolute Gasteiger partial charge is 0.405 e. The molecule has 0 aliphatic rings. The Kier molecular flexibility index (Phi) is 4.35. The average Bonchev–Trinajstić information content (AvgIpc) is 2.25. The van der Waals surface area contributed by atoms with Crippen LogP contribution in [0.2, 0.25) is 0 Å². The highest BCUT2D eigenvalue weighted by atomic mass is 19.4. The zero-order valence-corrected chi connectivity index (χ0v) is 9.45. The standard InChI is InChI=1S/C10H11F3N2O3/c1-2-18-8-5-3-4-7(9(8)15(16)17)14-6-10(11,12)13/h3-5,14H,2,6H2,1H3. The fourth-order valence-electron chi connectivity index (χ4n) is 1.32. The molecule has 1 rings (SSSR count). The molecule has 0 radical (unpaired) electrons. The van der Waals surface area contributed by atoms with E-state index in [1.807, 2.05) is 5.32 Å². The van der Waals surface area contributed by atoms with Crippen molar-refractivity contribution in [2.75, 3.05) is 18.5 Å². The number of rotatable bonds is 5. The normalized spacial score (nSPS) is 11.1. The van der Waals surface area contributed by atoms with Crippen molar-refractivity contribution in [2.24, 2.45) is 0 Å². The van der Waals surface area contributed by atoms with Gasteiger partial charge in [-0.05, 0) is 19.1 Å². The molecule has 0 fully saturated rings. The quantitative estimate of drug-likeness (QED) is 0.656. The number of para-hydroxylation sites is 1. The first-order chi connectivity index (χ1) is 8.35. The summed E-state index contributed by atoms with van der Waals surface area (Å²) in [6.45, 7) is 0.465. The van der Waals surface area contributed by atoms with Gasteiger partial charge in [-0.25, -0.2) is 0 Å². The van der Waals surface area contributed by atoms with Crippen LogP contribution in [0, 0.1) is 10.1 Å². The van der Waals surface area contributed by atoms with Gasteiger partial charge >= 0.3 is 11.9 Å². The highest BCUT2D eigenvalue weighted by Gasteiger charge is 2.29. The first kappa shape index (κ1) is 14.1. The van der Waals surface area contributed by atoms with E-state index in [-0.39, 0.29) is 18.0 Å². The third-order valence-electron chi connectivity index (χ3n) is 1.96. The van der Waals surface area contributed by atoms with E-state index >= 15 is 0 Å². The lowest BCUT2D eigenvalue weighted by atomic mass is 10.2. The molecule has 0 aliphatic heterocycles. The van der Waals surface area contributed by atoms with Crippen LogP contribution in [0.4, 0.5) is 24.5 Å². The monoisotopic (exact) mass is 264 g/mol. The summed E-state index contributed by atoms with van der Waals surface area (Å²) in [5, 5.41) is 12.8. The Balaban J connectivity index is 3.03. The molecule has 1 aromatic carbocycles. The van der Waals surface area contributed by atoms with Gasteiger partial charge in [0.05, 0.1) is 11.5 Å². The van der Waals surface area contributed by atoms with Crippen LogP contribution in [0.25, 0.3) is 0 Å². The molecule has 0 aliphatic carbocycles. The number of ether oxygens (including phenoxy) is 1. The molecule has 100 valence electrons. The lowest BCUT2D eigenvalue weighted by Crippen LogP contribution is -2.21. The van der Waals surface area contributed by atoms with Gasteiger partial charge < -0.3 is 10.1 Å². The zero-order chi connectivity index (χ0) is 13.8. The lowest BCUT2D eigenvalue weighted by molar-refractivity contribution is -0.385. The molecule has 1 N–H and O–H groups in total. The van der Waals surface area contributed by atoms with Crippen molar-refractivity contribution in [3.05, 3.63) is 28.3 Å². The van der Waals surface area contributed by atoms with Crippen molar-refractivity contribution >= 4 is 11.4 Å². The van der Waals surface area contributed by atoms with E-state index in [1.54, 1.807) is 6.92 Å². The first-order valence-corrected chi connectivity index (χ1v) is 5.06. The first-order valence-electron chi connectivity index (χ1n) is 5.06. The fourth-order valence-corrected chi connectivity index (χ4v) is 1.32. The van der Waals surface area contributed by atoms with E-state index in [2.05, 4.69) is 0 Å². The van der Waals surface area contributed by atoms with Gasteiger partial charge in [0.1, 0.15) is 12.2 Å². The number of alkyl halides is 3. The number of anilines is 1. The minimum atomic E-state index is -4.45. The van der Waals surface area contributed by atoms with Crippen molar-refractivity contribution in [3.8, 4) is 5.75 Å². The molecular weight excluding hydrogens is 253 g/mol. The Hall–Kier alpha value is -1.99. The molecular formula is C10H11F3N2O3. The average molecular weight is 264 g/mol. The second kappa shape index (κ2) is 5.56. The maximum Gasteiger partial charge on any atom is 0.405 e. The van der Waals surface area contributed by atoms with Crippen LogP contribution in [-0.2, 0) is 0 Å². The summed E-state index contributed by atoms with van der Waals surface area (Å²) in [7, 11) is 0. The minimum absolute atomic E-state index is 0.0605.